The summed E-state index contributed by atoms with van der Waals surface area (Å²) in [4.78, 5) is 18.4. The van der Waals surface area contributed by atoms with E-state index in [1.807, 2.05) is 30.5 Å². The standard InChI is InChI=1S/C23H27N3O4S2/c1-16-6-9-18(10-7-16)32(28,29)26-12-4-5-20(26)22(27)24-23-25(13-14-30-3)19-11-8-17(2)15-21(19)31-23/h6-11,15,20H,4-5,12-14H2,1-3H3. The van der Waals surface area contributed by atoms with Crippen LogP contribution in [0.4, 0.5) is 0 Å². The maximum Gasteiger partial charge on any atom is 0.266 e. The first kappa shape index (κ1) is 22.8. The van der Waals surface area contributed by atoms with Crippen molar-refractivity contribution in [3.8, 4) is 0 Å². The average molecular weight is 474 g/mol. The Bertz CT molecular complexity index is 1310. The van der Waals surface area contributed by atoms with Gasteiger partial charge in [-0.15, -0.1) is 0 Å². The van der Waals surface area contributed by atoms with Crippen LogP contribution in [0, 0.1) is 13.8 Å². The van der Waals surface area contributed by atoms with Gasteiger partial charge in [0.25, 0.3) is 5.91 Å². The van der Waals surface area contributed by atoms with Crippen LogP contribution in [-0.2, 0) is 26.1 Å². The number of hydrogen-bond acceptors (Lipinski definition) is 5. The molecule has 0 N–H and O–H groups in total. The zero-order valence-corrected chi connectivity index (χ0v) is 20.1. The molecule has 0 bridgehead atoms. The second kappa shape index (κ2) is 9.27. The van der Waals surface area contributed by atoms with E-state index in [0.29, 0.717) is 37.3 Å². The number of amides is 1. The molecule has 4 rings (SSSR count). The number of sulfonamides is 1. The molecule has 170 valence electrons. The van der Waals surface area contributed by atoms with Crippen molar-refractivity contribution in [2.45, 2.75) is 44.2 Å². The van der Waals surface area contributed by atoms with Crippen molar-refractivity contribution >= 4 is 37.5 Å². The quantitative estimate of drug-likeness (QED) is 0.550. The van der Waals surface area contributed by atoms with Crippen molar-refractivity contribution in [2.24, 2.45) is 4.99 Å². The molecule has 1 amide bonds. The van der Waals surface area contributed by atoms with Crippen LogP contribution in [0.2, 0.25) is 0 Å². The number of nitrogens with zero attached hydrogens (tertiary/aromatic N) is 3. The second-order valence-electron chi connectivity index (χ2n) is 8.04. The molecule has 1 aliphatic heterocycles. The van der Waals surface area contributed by atoms with Crippen molar-refractivity contribution in [3.05, 3.63) is 58.4 Å². The SMILES string of the molecule is COCCn1c(=NC(=O)C2CCCN2S(=O)(=O)c2ccc(C)cc2)sc2cc(C)ccc21. The predicted octanol–water partition coefficient (Wildman–Crippen LogP) is 3.25. The van der Waals surface area contributed by atoms with E-state index in [0.717, 1.165) is 21.3 Å². The smallest absolute Gasteiger partial charge is 0.266 e. The number of ether oxygens (including phenoxy) is 1. The molecule has 32 heavy (non-hydrogen) atoms. The Kier molecular flexibility index (Phi) is 6.62. The fourth-order valence-electron chi connectivity index (χ4n) is 3.95. The van der Waals surface area contributed by atoms with Gasteiger partial charge < -0.3 is 9.30 Å². The number of carbonyl (C=O) groups is 1. The first-order valence-electron chi connectivity index (χ1n) is 10.6. The molecule has 3 aromatic rings. The number of aryl methyl sites for hydroxylation is 2. The van der Waals surface area contributed by atoms with Crippen molar-refractivity contribution < 1.29 is 17.9 Å². The molecule has 0 saturated carbocycles. The number of fused-ring (bicyclic) bond motifs is 1. The first-order chi connectivity index (χ1) is 15.3. The summed E-state index contributed by atoms with van der Waals surface area (Å²) in [5.41, 5.74) is 3.09. The van der Waals surface area contributed by atoms with E-state index in [1.54, 1.807) is 31.4 Å². The number of rotatable bonds is 6. The number of hydrogen-bond donors (Lipinski definition) is 0. The summed E-state index contributed by atoms with van der Waals surface area (Å²) in [6, 6.07) is 12.0. The lowest BCUT2D eigenvalue weighted by atomic mass is 10.2. The van der Waals surface area contributed by atoms with Crippen LogP contribution in [-0.4, -0.2) is 49.5 Å². The van der Waals surface area contributed by atoms with Crippen LogP contribution in [0.25, 0.3) is 10.2 Å². The fraction of sp³-hybridized carbons (Fsp3) is 0.391. The molecule has 1 aliphatic rings. The number of methoxy groups -OCH3 is 1. The molecule has 1 unspecified atom stereocenters. The number of thiazole rings is 1. The molecule has 0 aliphatic carbocycles. The van der Waals surface area contributed by atoms with E-state index < -0.39 is 22.0 Å². The van der Waals surface area contributed by atoms with Gasteiger partial charge in [-0.25, -0.2) is 8.42 Å². The summed E-state index contributed by atoms with van der Waals surface area (Å²) in [6.45, 7) is 5.29. The molecule has 1 atom stereocenters. The molecular formula is C23H27N3O4S2. The lowest BCUT2D eigenvalue weighted by Gasteiger charge is -2.21. The van der Waals surface area contributed by atoms with Crippen LogP contribution in [0.15, 0.2) is 52.4 Å². The molecular weight excluding hydrogens is 446 g/mol. The Morgan fingerprint density at radius 3 is 2.59 bits per heavy atom. The number of benzene rings is 2. The zero-order chi connectivity index (χ0) is 22.9. The molecule has 1 saturated heterocycles. The highest BCUT2D eigenvalue weighted by Gasteiger charge is 2.39. The summed E-state index contributed by atoms with van der Waals surface area (Å²) in [6.07, 6.45) is 1.10. The lowest BCUT2D eigenvalue weighted by molar-refractivity contribution is -0.121. The highest BCUT2D eigenvalue weighted by molar-refractivity contribution is 7.89. The van der Waals surface area contributed by atoms with Gasteiger partial charge in [-0.3, -0.25) is 4.79 Å². The summed E-state index contributed by atoms with van der Waals surface area (Å²) in [5.74, 6) is -0.423. The predicted molar refractivity (Wildman–Crippen MR) is 125 cm³/mol. The summed E-state index contributed by atoms with van der Waals surface area (Å²) in [5, 5.41) is 0. The van der Waals surface area contributed by atoms with Gasteiger partial charge in [0, 0.05) is 20.2 Å². The van der Waals surface area contributed by atoms with E-state index in [9.17, 15) is 13.2 Å². The van der Waals surface area contributed by atoms with E-state index in [4.69, 9.17) is 4.74 Å². The number of carbonyl (C=O) groups excluding carboxylic acids is 1. The van der Waals surface area contributed by atoms with Gasteiger partial charge in [0.1, 0.15) is 6.04 Å². The molecule has 0 radical (unpaired) electrons. The third kappa shape index (κ3) is 4.43. The fourth-order valence-corrected chi connectivity index (χ4v) is 6.76. The lowest BCUT2D eigenvalue weighted by Crippen LogP contribution is -2.40. The molecule has 2 aromatic carbocycles. The number of aromatic nitrogens is 1. The zero-order valence-electron chi connectivity index (χ0n) is 18.4. The molecule has 2 heterocycles. The maximum absolute atomic E-state index is 13.2. The highest BCUT2D eigenvalue weighted by Crippen LogP contribution is 2.27. The van der Waals surface area contributed by atoms with Crippen LogP contribution >= 0.6 is 11.3 Å². The van der Waals surface area contributed by atoms with Crippen molar-refractivity contribution in [3.63, 3.8) is 0 Å². The van der Waals surface area contributed by atoms with Gasteiger partial charge in [-0.05, 0) is 56.5 Å². The third-order valence-electron chi connectivity index (χ3n) is 5.68. The Morgan fingerprint density at radius 2 is 1.88 bits per heavy atom. The van der Waals surface area contributed by atoms with E-state index in [1.165, 1.54) is 15.6 Å². The minimum atomic E-state index is -3.77. The van der Waals surface area contributed by atoms with Gasteiger partial charge in [-0.1, -0.05) is 35.1 Å². The Morgan fingerprint density at radius 1 is 1.16 bits per heavy atom. The van der Waals surface area contributed by atoms with Crippen molar-refractivity contribution in [2.75, 3.05) is 20.3 Å². The molecule has 0 spiro atoms. The minimum Gasteiger partial charge on any atom is -0.383 e. The van der Waals surface area contributed by atoms with E-state index in [2.05, 4.69) is 11.1 Å². The Hall–Kier alpha value is -2.33. The molecule has 1 aromatic heterocycles. The maximum atomic E-state index is 13.2. The molecule has 1 fully saturated rings. The van der Waals surface area contributed by atoms with Gasteiger partial charge in [0.15, 0.2) is 4.80 Å². The Balaban J connectivity index is 1.71. The van der Waals surface area contributed by atoms with E-state index in [-0.39, 0.29) is 4.90 Å². The minimum absolute atomic E-state index is 0.204. The van der Waals surface area contributed by atoms with Crippen LogP contribution in [0.1, 0.15) is 24.0 Å². The van der Waals surface area contributed by atoms with Crippen molar-refractivity contribution in [1.29, 1.82) is 0 Å². The summed E-state index contributed by atoms with van der Waals surface area (Å²) < 4.78 is 36.0. The van der Waals surface area contributed by atoms with Crippen LogP contribution in [0.5, 0.6) is 0 Å². The molecule has 7 nitrogen and oxygen atoms in total. The topological polar surface area (TPSA) is 81.0 Å². The Labute approximate surface area is 192 Å². The first-order valence-corrected chi connectivity index (χ1v) is 12.8. The van der Waals surface area contributed by atoms with Gasteiger partial charge in [0.2, 0.25) is 10.0 Å². The van der Waals surface area contributed by atoms with Gasteiger partial charge >= 0.3 is 0 Å². The van der Waals surface area contributed by atoms with Crippen LogP contribution < -0.4 is 4.80 Å². The summed E-state index contributed by atoms with van der Waals surface area (Å²) in [7, 11) is -2.13. The molecule has 9 heteroatoms. The average Bonchev–Trinajstić information content (AvgIpc) is 3.37. The van der Waals surface area contributed by atoms with Gasteiger partial charge in [0.05, 0.1) is 21.7 Å². The monoisotopic (exact) mass is 473 g/mol. The van der Waals surface area contributed by atoms with E-state index >= 15 is 0 Å². The highest BCUT2D eigenvalue weighted by atomic mass is 32.2. The largest absolute Gasteiger partial charge is 0.383 e. The van der Waals surface area contributed by atoms with Crippen molar-refractivity contribution in [1.82, 2.24) is 8.87 Å². The normalized spacial score (nSPS) is 18.0. The van der Waals surface area contributed by atoms with Gasteiger partial charge in [-0.2, -0.15) is 9.30 Å². The van der Waals surface area contributed by atoms with Crippen LogP contribution in [0.3, 0.4) is 0 Å². The third-order valence-corrected chi connectivity index (χ3v) is 8.64. The summed E-state index contributed by atoms with van der Waals surface area (Å²) >= 11 is 1.43. The second-order valence-corrected chi connectivity index (χ2v) is 10.9.